The number of hydrogen-bond acceptors (Lipinski definition) is 4. The number of nitrogen functional groups attached to an aromatic ring is 1. The van der Waals surface area contributed by atoms with Crippen LogP contribution in [-0.4, -0.2) is 4.98 Å². The van der Waals surface area contributed by atoms with Gasteiger partial charge in [0.15, 0.2) is 0 Å². The highest BCUT2D eigenvalue weighted by atomic mass is 35.5. The third kappa shape index (κ3) is 2.83. The molecule has 1 aromatic rings. The van der Waals surface area contributed by atoms with E-state index >= 15 is 0 Å². The van der Waals surface area contributed by atoms with Crippen molar-refractivity contribution in [2.24, 2.45) is 11.8 Å². The largest absolute Gasteiger partial charge is 0.442 e. The summed E-state index contributed by atoms with van der Waals surface area (Å²) in [6.07, 6.45) is 6.36. The maximum absolute atomic E-state index is 6.10. The molecule has 1 aromatic heterocycles. The number of anilines is 1. The average molecular weight is 266 g/mol. The minimum atomic E-state index is 0.425. The summed E-state index contributed by atoms with van der Waals surface area (Å²) < 4.78 is 5.74. The zero-order valence-electron chi connectivity index (χ0n) is 10.4. The summed E-state index contributed by atoms with van der Waals surface area (Å²) in [5.41, 5.74) is 4.32. The summed E-state index contributed by atoms with van der Waals surface area (Å²) in [6.45, 7) is 4.05. The Hall–Kier alpha value is -1.52. The normalized spacial score (nSPS) is 19.0. The topological polar surface area (TPSA) is 60.2 Å². The van der Waals surface area contributed by atoms with Crippen LogP contribution in [0.1, 0.15) is 18.9 Å². The standard InChI is InChI=1S/C13H16ClN3O/c1-8-3-4-10(14)12(5-8)18-13-6-9(2)11(17-15)7-16-13/h3-4,6-8,17H,5,15H2,1-2H3. The molecule has 0 saturated heterocycles. The first kappa shape index (κ1) is 12.9. The molecule has 1 unspecified atom stereocenters. The first-order valence-electron chi connectivity index (χ1n) is 5.78. The number of rotatable bonds is 3. The summed E-state index contributed by atoms with van der Waals surface area (Å²) in [7, 11) is 0. The first-order valence-corrected chi connectivity index (χ1v) is 6.16. The van der Waals surface area contributed by atoms with Crippen molar-refractivity contribution < 1.29 is 4.74 Å². The zero-order valence-corrected chi connectivity index (χ0v) is 11.2. The number of allylic oxidation sites excluding steroid dienone is 4. The van der Waals surface area contributed by atoms with Crippen molar-refractivity contribution in [3.05, 3.63) is 40.8 Å². The van der Waals surface area contributed by atoms with Gasteiger partial charge in [0.1, 0.15) is 5.76 Å². The zero-order chi connectivity index (χ0) is 13.1. The van der Waals surface area contributed by atoms with E-state index in [-0.39, 0.29) is 0 Å². The van der Waals surface area contributed by atoms with Gasteiger partial charge in [0, 0.05) is 12.5 Å². The van der Waals surface area contributed by atoms with Crippen molar-refractivity contribution in [2.75, 3.05) is 5.43 Å². The van der Waals surface area contributed by atoms with Gasteiger partial charge in [0.05, 0.1) is 16.9 Å². The van der Waals surface area contributed by atoms with Crippen LogP contribution < -0.4 is 16.0 Å². The van der Waals surface area contributed by atoms with Crippen molar-refractivity contribution in [1.82, 2.24) is 4.98 Å². The number of hydrogen-bond donors (Lipinski definition) is 2. The number of aryl methyl sites for hydroxylation is 1. The predicted molar refractivity (Wildman–Crippen MR) is 73.2 cm³/mol. The molecule has 0 aromatic carbocycles. The molecule has 0 aliphatic heterocycles. The molecule has 0 fully saturated rings. The molecule has 0 amide bonds. The Kier molecular flexibility index (Phi) is 3.89. The number of nitrogens with two attached hydrogens (primary N) is 1. The molecule has 0 radical (unpaired) electrons. The van der Waals surface area contributed by atoms with Crippen molar-refractivity contribution in [1.29, 1.82) is 0 Å². The minimum absolute atomic E-state index is 0.425. The molecule has 96 valence electrons. The summed E-state index contributed by atoms with van der Waals surface area (Å²) in [4.78, 5) is 4.18. The fourth-order valence-electron chi connectivity index (χ4n) is 1.75. The summed E-state index contributed by atoms with van der Waals surface area (Å²) in [5.74, 6) is 7.07. The molecular weight excluding hydrogens is 250 g/mol. The molecule has 0 saturated carbocycles. The van der Waals surface area contributed by atoms with Crippen LogP contribution in [-0.2, 0) is 0 Å². The van der Waals surface area contributed by atoms with Gasteiger partial charge in [0.2, 0.25) is 5.88 Å². The van der Waals surface area contributed by atoms with Crippen LogP contribution in [0.5, 0.6) is 5.88 Å². The lowest BCUT2D eigenvalue weighted by molar-refractivity contribution is 0.370. The lowest BCUT2D eigenvalue weighted by atomic mass is 10.0. The van der Waals surface area contributed by atoms with Crippen LogP contribution in [0, 0.1) is 12.8 Å². The molecule has 5 heteroatoms. The van der Waals surface area contributed by atoms with Crippen LogP contribution in [0.2, 0.25) is 0 Å². The van der Waals surface area contributed by atoms with Crippen molar-refractivity contribution in [2.45, 2.75) is 20.3 Å². The molecule has 0 spiro atoms. The quantitative estimate of drug-likeness (QED) is 0.651. The summed E-state index contributed by atoms with van der Waals surface area (Å²) in [5, 5.41) is 0.633. The lowest BCUT2D eigenvalue weighted by Gasteiger charge is -2.17. The Bertz CT molecular complexity index is 511. The molecule has 1 aliphatic carbocycles. The van der Waals surface area contributed by atoms with Gasteiger partial charge in [-0.05, 0) is 24.5 Å². The predicted octanol–water partition coefficient (Wildman–Crippen LogP) is 3.10. The monoisotopic (exact) mass is 265 g/mol. The lowest BCUT2D eigenvalue weighted by Crippen LogP contribution is -2.10. The number of hydrazine groups is 1. The average Bonchev–Trinajstić information content (AvgIpc) is 2.34. The molecule has 1 atom stereocenters. The van der Waals surface area contributed by atoms with Crippen LogP contribution in [0.25, 0.3) is 0 Å². The molecular formula is C13H16ClN3O. The summed E-state index contributed by atoms with van der Waals surface area (Å²) in [6, 6.07) is 1.83. The van der Waals surface area contributed by atoms with Gasteiger partial charge in [-0.15, -0.1) is 0 Å². The Morgan fingerprint density at radius 2 is 2.33 bits per heavy atom. The number of nitrogens with one attached hydrogen (secondary N) is 1. The first-order chi connectivity index (χ1) is 8.60. The van der Waals surface area contributed by atoms with Gasteiger partial charge in [-0.3, -0.25) is 5.84 Å². The smallest absolute Gasteiger partial charge is 0.219 e. The second-order valence-electron chi connectivity index (χ2n) is 4.40. The fraction of sp³-hybridized carbons (Fsp3) is 0.308. The maximum Gasteiger partial charge on any atom is 0.219 e. The van der Waals surface area contributed by atoms with E-state index in [2.05, 4.69) is 23.4 Å². The summed E-state index contributed by atoms with van der Waals surface area (Å²) >= 11 is 6.10. The maximum atomic E-state index is 6.10. The molecule has 18 heavy (non-hydrogen) atoms. The Labute approximate surface area is 111 Å². The van der Waals surface area contributed by atoms with Gasteiger partial charge in [-0.25, -0.2) is 4.98 Å². The van der Waals surface area contributed by atoms with Gasteiger partial charge in [-0.2, -0.15) is 0 Å². The van der Waals surface area contributed by atoms with E-state index in [1.54, 1.807) is 6.20 Å². The van der Waals surface area contributed by atoms with Gasteiger partial charge in [-0.1, -0.05) is 24.6 Å². The molecule has 1 heterocycles. The highest BCUT2D eigenvalue weighted by molar-refractivity contribution is 6.31. The minimum Gasteiger partial charge on any atom is -0.442 e. The number of halogens is 1. The van der Waals surface area contributed by atoms with Gasteiger partial charge < -0.3 is 10.2 Å². The Morgan fingerprint density at radius 3 is 3.00 bits per heavy atom. The molecule has 3 N–H and O–H groups in total. The van der Waals surface area contributed by atoms with E-state index in [4.69, 9.17) is 22.2 Å². The highest BCUT2D eigenvalue weighted by Gasteiger charge is 2.15. The SMILES string of the molecule is Cc1cc(OC2=C(Cl)C=CC(C)C2)ncc1NN. The van der Waals surface area contributed by atoms with E-state index in [0.717, 1.165) is 23.4 Å². The van der Waals surface area contributed by atoms with Gasteiger partial charge >= 0.3 is 0 Å². The van der Waals surface area contributed by atoms with E-state index in [0.29, 0.717) is 16.8 Å². The Balaban J connectivity index is 2.19. The molecule has 2 rings (SSSR count). The van der Waals surface area contributed by atoms with Crippen LogP contribution in [0.3, 0.4) is 0 Å². The van der Waals surface area contributed by atoms with Crippen molar-refractivity contribution in [3.63, 3.8) is 0 Å². The van der Waals surface area contributed by atoms with E-state index in [1.165, 1.54) is 0 Å². The third-order valence-electron chi connectivity index (χ3n) is 2.81. The fourth-order valence-corrected chi connectivity index (χ4v) is 1.94. The third-order valence-corrected chi connectivity index (χ3v) is 3.15. The number of nitrogens with zero attached hydrogens (tertiary/aromatic N) is 1. The van der Waals surface area contributed by atoms with Crippen LogP contribution in [0.15, 0.2) is 35.2 Å². The van der Waals surface area contributed by atoms with E-state index in [1.807, 2.05) is 19.1 Å². The second-order valence-corrected chi connectivity index (χ2v) is 4.80. The molecule has 1 aliphatic rings. The number of ether oxygens (including phenoxy) is 1. The molecule has 0 bridgehead atoms. The van der Waals surface area contributed by atoms with Crippen LogP contribution >= 0.6 is 11.6 Å². The molecule has 4 nitrogen and oxygen atoms in total. The number of pyridine rings is 1. The van der Waals surface area contributed by atoms with Crippen molar-refractivity contribution in [3.8, 4) is 5.88 Å². The van der Waals surface area contributed by atoms with E-state index < -0.39 is 0 Å². The number of aromatic nitrogens is 1. The van der Waals surface area contributed by atoms with E-state index in [9.17, 15) is 0 Å². The highest BCUT2D eigenvalue weighted by Crippen LogP contribution is 2.28. The van der Waals surface area contributed by atoms with Gasteiger partial charge in [0.25, 0.3) is 0 Å². The Morgan fingerprint density at radius 1 is 1.56 bits per heavy atom. The van der Waals surface area contributed by atoms with Crippen molar-refractivity contribution >= 4 is 17.3 Å². The van der Waals surface area contributed by atoms with Crippen LogP contribution in [0.4, 0.5) is 5.69 Å². The second kappa shape index (κ2) is 5.42.